The molecule has 1 unspecified atom stereocenters. The van der Waals surface area contributed by atoms with E-state index in [2.05, 4.69) is 10.1 Å². The number of aromatic nitrogens is 3. The van der Waals surface area contributed by atoms with E-state index in [0.717, 1.165) is 22.8 Å². The minimum absolute atomic E-state index is 0.611. The Bertz CT molecular complexity index is 449. The van der Waals surface area contributed by atoms with Crippen LogP contribution < -0.4 is 0 Å². The molecule has 0 radical (unpaired) electrons. The number of rotatable bonds is 3. The first-order chi connectivity index (χ1) is 7.24. The summed E-state index contributed by atoms with van der Waals surface area (Å²) in [6.45, 7) is 4.67. The van der Waals surface area contributed by atoms with Crippen molar-refractivity contribution >= 4 is 11.3 Å². The van der Waals surface area contributed by atoms with E-state index in [1.807, 2.05) is 19.9 Å². The SMILES string of the molecule is CCn1nccc1C(O)c1scnc1C. The molecule has 0 spiro atoms. The van der Waals surface area contributed by atoms with E-state index in [4.69, 9.17) is 0 Å². The Morgan fingerprint density at radius 2 is 2.40 bits per heavy atom. The molecule has 0 fully saturated rings. The number of hydrogen-bond donors (Lipinski definition) is 1. The van der Waals surface area contributed by atoms with Crippen molar-refractivity contribution in [2.45, 2.75) is 26.5 Å². The molecule has 2 aromatic heterocycles. The van der Waals surface area contributed by atoms with Gasteiger partial charge in [0.25, 0.3) is 0 Å². The van der Waals surface area contributed by atoms with Gasteiger partial charge in [-0.2, -0.15) is 5.10 Å². The molecule has 1 N–H and O–H groups in total. The third-order valence-corrected chi connectivity index (χ3v) is 3.34. The van der Waals surface area contributed by atoms with E-state index in [1.165, 1.54) is 11.3 Å². The number of thiazole rings is 1. The summed E-state index contributed by atoms with van der Waals surface area (Å²) in [6, 6.07) is 1.84. The average Bonchev–Trinajstić information content (AvgIpc) is 2.84. The number of aryl methyl sites for hydroxylation is 2. The van der Waals surface area contributed by atoms with E-state index in [0.29, 0.717) is 0 Å². The molecule has 0 saturated carbocycles. The first kappa shape index (κ1) is 10.3. The van der Waals surface area contributed by atoms with E-state index < -0.39 is 6.10 Å². The van der Waals surface area contributed by atoms with Crippen LogP contribution in [0.15, 0.2) is 17.8 Å². The van der Waals surface area contributed by atoms with Gasteiger partial charge < -0.3 is 5.11 Å². The molecule has 2 rings (SSSR count). The summed E-state index contributed by atoms with van der Waals surface area (Å²) in [5.74, 6) is 0. The van der Waals surface area contributed by atoms with E-state index in [9.17, 15) is 5.11 Å². The van der Waals surface area contributed by atoms with Crippen LogP contribution in [0.2, 0.25) is 0 Å². The number of nitrogens with zero attached hydrogens (tertiary/aromatic N) is 3. The zero-order valence-corrected chi connectivity index (χ0v) is 9.53. The summed E-state index contributed by atoms with van der Waals surface area (Å²) in [6.07, 6.45) is 1.10. The maximum atomic E-state index is 10.2. The maximum Gasteiger partial charge on any atom is 0.132 e. The van der Waals surface area contributed by atoms with Gasteiger partial charge in [0.1, 0.15) is 6.10 Å². The van der Waals surface area contributed by atoms with Crippen molar-refractivity contribution in [2.24, 2.45) is 0 Å². The molecule has 0 amide bonds. The molecular formula is C10H13N3OS. The number of aliphatic hydroxyl groups excluding tert-OH is 1. The molecule has 5 heteroatoms. The van der Waals surface area contributed by atoms with E-state index >= 15 is 0 Å². The molecule has 2 heterocycles. The van der Waals surface area contributed by atoms with Gasteiger partial charge in [-0.1, -0.05) is 0 Å². The van der Waals surface area contributed by atoms with Crippen molar-refractivity contribution in [1.82, 2.24) is 14.8 Å². The number of hydrogen-bond acceptors (Lipinski definition) is 4. The quantitative estimate of drug-likeness (QED) is 0.862. The molecule has 0 aliphatic heterocycles. The summed E-state index contributed by atoms with van der Waals surface area (Å²) in [7, 11) is 0. The third kappa shape index (κ3) is 1.80. The van der Waals surface area contributed by atoms with Gasteiger partial charge in [0, 0.05) is 12.7 Å². The Hall–Kier alpha value is -1.20. The normalized spacial score (nSPS) is 13.0. The lowest BCUT2D eigenvalue weighted by molar-refractivity contribution is 0.211. The van der Waals surface area contributed by atoms with Crippen molar-refractivity contribution in [1.29, 1.82) is 0 Å². The zero-order valence-electron chi connectivity index (χ0n) is 8.71. The molecular weight excluding hydrogens is 210 g/mol. The predicted molar refractivity (Wildman–Crippen MR) is 58.8 cm³/mol. The Labute approximate surface area is 92.2 Å². The fourth-order valence-corrected chi connectivity index (χ4v) is 2.34. The smallest absolute Gasteiger partial charge is 0.132 e. The predicted octanol–water partition coefficient (Wildman–Crippen LogP) is 1.75. The summed E-state index contributed by atoms with van der Waals surface area (Å²) < 4.78 is 1.80. The van der Waals surface area contributed by atoms with Gasteiger partial charge in [-0.25, -0.2) is 4.98 Å². The molecule has 80 valence electrons. The van der Waals surface area contributed by atoms with Crippen LogP contribution in [0.25, 0.3) is 0 Å². The highest BCUT2D eigenvalue weighted by molar-refractivity contribution is 7.09. The second-order valence-corrected chi connectivity index (χ2v) is 4.16. The van der Waals surface area contributed by atoms with Crippen molar-refractivity contribution < 1.29 is 5.11 Å². The molecule has 0 aliphatic rings. The molecule has 1 atom stereocenters. The molecule has 0 saturated heterocycles. The summed E-state index contributed by atoms with van der Waals surface area (Å²) in [4.78, 5) is 5.03. The van der Waals surface area contributed by atoms with E-state index in [1.54, 1.807) is 16.4 Å². The lowest BCUT2D eigenvalue weighted by Gasteiger charge is -2.11. The standard InChI is InChI=1S/C10H13N3OS/c1-3-13-8(4-5-12-13)9(14)10-7(2)11-6-15-10/h4-6,9,14H,3H2,1-2H3. The lowest BCUT2D eigenvalue weighted by atomic mass is 10.2. The summed E-state index contributed by atoms with van der Waals surface area (Å²) >= 11 is 1.47. The molecule has 2 aromatic rings. The lowest BCUT2D eigenvalue weighted by Crippen LogP contribution is -2.08. The van der Waals surface area contributed by atoms with Crippen LogP contribution >= 0.6 is 11.3 Å². The topological polar surface area (TPSA) is 50.9 Å². The van der Waals surface area contributed by atoms with Crippen LogP contribution in [0.5, 0.6) is 0 Å². The van der Waals surface area contributed by atoms with Crippen LogP contribution in [0, 0.1) is 6.92 Å². The van der Waals surface area contributed by atoms with Crippen molar-refractivity contribution in [3.63, 3.8) is 0 Å². The fourth-order valence-electron chi connectivity index (χ4n) is 1.55. The molecule has 0 bridgehead atoms. The van der Waals surface area contributed by atoms with Gasteiger partial charge in [0.2, 0.25) is 0 Å². The third-order valence-electron chi connectivity index (χ3n) is 2.36. The first-order valence-corrected chi connectivity index (χ1v) is 5.71. The van der Waals surface area contributed by atoms with E-state index in [-0.39, 0.29) is 0 Å². The zero-order chi connectivity index (χ0) is 10.8. The largest absolute Gasteiger partial charge is 0.381 e. The first-order valence-electron chi connectivity index (χ1n) is 4.83. The number of aliphatic hydroxyl groups is 1. The molecule has 0 aliphatic carbocycles. The van der Waals surface area contributed by atoms with Gasteiger partial charge in [-0.05, 0) is 19.9 Å². The van der Waals surface area contributed by atoms with Crippen molar-refractivity contribution in [3.05, 3.63) is 34.0 Å². The Morgan fingerprint density at radius 3 is 3.00 bits per heavy atom. The Balaban J connectivity index is 2.36. The maximum absolute atomic E-state index is 10.2. The Kier molecular flexibility index (Phi) is 2.83. The van der Waals surface area contributed by atoms with Gasteiger partial charge in [0.05, 0.1) is 21.8 Å². The van der Waals surface area contributed by atoms with Crippen LogP contribution in [0.4, 0.5) is 0 Å². The van der Waals surface area contributed by atoms with Crippen LogP contribution in [0.3, 0.4) is 0 Å². The highest BCUT2D eigenvalue weighted by atomic mass is 32.1. The summed E-state index contributed by atoms with van der Waals surface area (Å²) in [5, 5.41) is 14.3. The second kappa shape index (κ2) is 4.12. The van der Waals surface area contributed by atoms with Crippen molar-refractivity contribution in [3.8, 4) is 0 Å². The minimum Gasteiger partial charge on any atom is -0.381 e. The van der Waals surface area contributed by atoms with Gasteiger partial charge in [-0.3, -0.25) is 4.68 Å². The highest BCUT2D eigenvalue weighted by Gasteiger charge is 2.18. The highest BCUT2D eigenvalue weighted by Crippen LogP contribution is 2.27. The molecule has 15 heavy (non-hydrogen) atoms. The molecule has 0 aromatic carbocycles. The minimum atomic E-state index is -0.611. The van der Waals surface area contributed by atoms with Crippen LogP contribution in [0.1, 0.15) is 29.3 Å². The van der Waals surface area contributed by atoms with Gasteiger partial charge in [-0.15, -0.1) is 11.3 Å². The van der Waals surface area contributed by atoms with Gasteiger partial charge in [0.15, 0.2) is 0 Å². The molecule has 4 nitrogen and oxygen atoms in total. The van der Waals surface area contributed by atoms with Crippen LogP contribution in [-0.4, -0.2) is 19.9 Å². The summed E-state index contributed by atoms with van der Waals surface area (Å²) in [5.41, 5.74) is 3.46. The monoisotopic (exact) mass is 223 g/mol. The van der Waals surface area contributed by atoms with Crippen LogP contribution in [-0.2, 0) is 6.54 Å². The van der Waals surface area contributed by atoms with Crippen molar-refractivity contribution in [2.75, 3.05) is 0 Å². The average molecular weight is 223 g/mol. The van der Waals surface area contributed by atoms with Gasteiger partial charge >= 0.3 is 0 Å². The fraction of sp³-hybridized carbons (Fsp3) is 0.400. The second-order valence-electron chi connectivity index (χ2n) is 3.28. The Morgan fingerprint density at radius 1 is 1.60 bits per heavy atom.